The van der Waals surface area contributed by atoms with Crippen LogP contribution in [0.2, 0.25) is 0 Å². The highest BCUT2D eigenvalue weighted by Gasteiger charge is 2.36. The molecule has 3 atom stereocenters. The number of hydrogen-bond acceptors (Lipinski definition) is 8. The summed E-state index contributed by atoms with van der Waals surface area (Å²) in [7, 11) is 1.66. The van der Waals surface area contributed by atoms with E-state index < -0.39 is 18.1 Å². The zero-order valence-electron chi connectivity index (χ0n) is 29.4. The molecule has 1 saturated carbocycles. The van der Waals surface area contributed by atoms with E-state index in [1.807, 2.05) is 47.3 Å². The summed E-state index contributed by atoms with van der Waals surface area (Å²) in [6.07, 6.45) is 5.93. The van der Waals surface area contributed by atoms with Gasteiger partial charge in [-0.1, -0.05) is 18.2 Å². The van der Waals surface area contributed by atoms with Gasteiger partial charge in [-0.25, -0.2) is 14.2 Å². The van der Waals surface area contributed by atoms with Gasteiger partial charge in [-0.2, -0.15) is 10.4 Å². The first kappa shape index (κ1) is 34.4. The lowest BCUT2D eigenvalue weighted by Crippen LogP contribution is -2.44. The van der Waals surface area contributed by atoms with Crippen LogP contribution in [0.15, 0.2) is 65.6 Å². The van der Waals surface area contributed by atoms with Gasteiger partial charge in [-0.05, 0) is 92.9 Å². The van der Waals surface area contributed by atoms with E-state index in [-0.39, 0.29) is 53.7 Å². The van der Waals surface area contributed by atoms with Gasteiger partial charge in [-0.15, -0.1) is 0 Å². The number of rotatable bonds is 7. The number of hydrogen-bond donors (Lipinski definition) is 2. The van der Waals surface area contributed by atoms with Crippen LogP contribution < -0.4 is 16.3 Å². The van der Waals surface area contributed by atoms with Crippen molar-refractivity contribution in [2.45, 2.75) is 69.1 Å². The van der Waals surface area contributed by atoms with Crippen LogP contribution in [-0.2, 0) is 16.6 Å². The Labute approximate surface area is 304 Å². The second-order valence-electron chi connectivity index (χ2n) is 14.6. The van der Waals surface area contributed by atoms with Crippen LogP contribution in [-0.4, -0.2) is 72.3 Å². The van der Waals surface area contributed by atoms with Gasteiger partial charge in [0, 0.05) is 49.7 Å². The molecule has 5 aromatic rings. The molecule has 13 nitrogen and oxygen atoms in total. The minimum absolute atomic E-state index is 0.163. The number of halogens is 1. The molecule has 1 aliphatic carbocycles. The first-order valence-electron chi connectivity index (χ1n) is 18.2. The largest absolute Gasteiger partial charge is 0.329 e. The summed E-state index contributed by atoms with van der Waals surface area (Å²) >= 11 is 0. The number of benzene rings is 2. The second-order valence-corrected chi connectivity index (χ2v) is 14.6. The first-order chi connectivity index (χ1) is 25.7. The molecule has 14 heteroatoms. The smallest absolute Gasteiger partial charge is 0.321 e. The van der Waals surface area contributed by atoms with Crippen molar-refractivity contribution < 1.29 is 18.8 Å². The van der Waals surface area contributed by atoms with Crippen LogP contribution in [0.25, 0.3) is 21.9 Å². The number of anilines is 1. The lowest BCUT2D eigenvalue weighted by molar-refractivity contribution is -0.135. The van der Waals surface area contributed by atoms with E-state index in [0.717, 1.165) is 55.2 Å². The summed E-state index contributed by atoms with van der Waals surface area (Å²) in [6.45, 7) is 1.92. The monoisotopic (exact) mass is 717 g/mol. The molecule has 2 aliphatic heterocycles. The lowest BCUT2D eigenvalue weighted by atomic mass is 9.83. The van der Waals surface area contributed by atoms with Crippen molar-refractivity contribution in [1.29, 1.82) is 5.26 Å². The molecule has 2 aromatic carbocycles. The van der Waals surface area contributed by atoms with E-state index in [1.165, 1.54) is 9.13 Å². The molecule has 1 unspecified atom stereocenters. The van der Waals surface area contributed by atoms with Crippen LogP contribution in [0.3, 0.4) is 0 Å². The number of nitrogens with one attached hydrogen (secondary N) is 2. The topological polar surface area (TPSA) is 160 Å². The third-order valence-electron chi connectivity index (χ3n) is 11.3. The average molecular weight is 718 g/mol. The second kappa shape index (κ2) is 14.0. The summed E-state index contributed by atoms with van der Waals surface area (Å²) in [4.78, 5) is 56.9. The van der Waals surface area contributed by atoms with Gasteiger partial charge in [0.05, 0.1) is 22.6 Å². The molecule has 53 heavy (non-hydrogen) atoms. The molecule has 3 amide bonds. The predicted octanol–water partition coefficient (Wildman–Crippen LogP) is 4.75. The lowest BCUT2D eigenvalue weighted by Gasteiger charge is -2.38. The molecule has 2 saturated heterocycles. The zero-order chi connectivity index (χ0) is 36.8. The minimum Gasteiger partial charge on any atom is -0.321 e. The summed E-state index contributed by atoms with van der Waals surface area (Å²) in [5, 5.41) is 20.1. The Morgan fingerprint density at radius 1 is 1.04 bits per heavy atom. The number of fused-ring (bicyclic) bond motifs is 2. The molecule has 0 spiro atoms. The Morgan fingerprint density at radius 3 is 2.62 bits per heavy atom. The van der Waals surface area contributed by atoms with Crippen molar-refractivity contribution in [3.63, 3.8) is 0 Å². The maximum Gasteiger partial charge on any atom is 0.329 e. The van der Waals surface area contributed by atoms with Gasteiger partial charge in [-0.3, -0.25) is 33.5 Å². The highest BCUT2D eigenvalue weighted by atomic mass is 19.1. The number of imide groups is 1. The molecule has 3 aromatic heterocycles. The maximum absolute atomic E-state index is 16.1. The standard InChI is InChI=1S/C39H40FN9O4/c1-46-36-29(5-3-7-33(36)49(39(46)53)34-14-15-35(50)44-38(34)52)28-16-17-47(22-30(28)40)20-23-8-11-27(12-9-23)48-21-24-18-25(10-13-31(24)45-48)43-37(51)32-6-2-4-26(19-41)42-32/h2-7,10,13,18,21,23,27-28,30,34H,8-9,11-12,14-17,20,22H2,1H3,(H,43,51)(H,44,50,52)/t23-,27-,28-,30+,34?/m1/s1. The molecule has 8 rings (SSSR count). The number of nitriles is 1. The van der Waals surface area contributed by atoms with Gasteiger partial charge in [0.15, 0.2) is 0 Å². The zero-order valence-corrected chi connectivity index (χ0v) is 29.4. The fourth-order valence-electron chi connectivity index (χ4n) is 8.57. The van der Waals surface area contributed by atoms with Crippen molar-refractivity contribution in [2.24, 2.45) is 13.0 Å². The van der Waals surface area contributed by atoms with E-state index >= 15 is 4.39 Å². The molecule has 5 heterocycles. The Hall–Kier alpha value is -5.68. The third kappa shape index (κ3) is 6.61. The van der Waals surface area contributed by atoms with E-state index in [4.69, 9.17) is 10.4 Å². The highest BCUT2D eigenvalue weighted by Crippen LogP contribution is 2.38. The van der Waals surface area contributed by atoms with Crippen molar-refractivity contribution in [3.8, 4) is 6.07 Å². The number of carbonyl (C=O) groups excluding carboxylic acids is 3. The molecular formula is C39H40FN9O4. The normalized spacial score (nSPS) is 23.9. The molecule has 3 fully saturated rings. The summed E-state index contributed by atoms with van der Waals surface area (Å²) in [5.41, 5.74) is 3.49. The number of carbonyl (C=O) groups is 3. The molecule has 272 valence electrons. The Kier molecular flexibility index (Phi) is 9.11. The van der Waals surface area contributed by atoms with Crippen molar-refractivity contribution >= 4 is 45.3 Å². The van der Waals surface area contributed by atoms with Crippen LogP contribution in [0.1, 0.15) is 84.7 Å². The van der Waals surface area contributed by atoms with Crippen LogP contribution in [0.5, 0.6) is 0 Å². The summed E-state index contributed by atoms with van der Waals surface area (Å²) in [5.74, 6) is -1.13. The van der Waals surface area contributed by atoms with E-state index in [0.29, 0.717) is 35.6 Å². The van der Waals surface area contributed by atoms with Gasteiger partial charge >= 0.3 is 5.69 Å². The average Bonchev–Trinajstić information content (AvgIpc) is 3.70. The van der Waals surface area contributed by atoms with Crippen LogP contribution in [0.4, 0.5) is 10.1 Å². The third-order valence-corrected chi connectivity index (χ3v) is 11.3. The molecule has 3 aliphatic rings. The van der Waals surface area contributed by atoms with Crippen molar-refractivity contribution in [1.82, 2.24) is 34.1 Å². The van der Waals surface area contributed by atoms with Crippen LogP contribution in [0, 0.1) is 17.2 Å². The molecule has 0 radical (unpaired) electrons. The number of amides is 3. The fraction of sp³-hybridized carbons (Fsp3) is 0.410. The number of likely N-dealkylation sites (tertiary alicyclic amines) is 1. The Bertz CT molecular complexity index is 2350. The highest BCUT2D eigenvalue weighted by molar-refractivity contribution is 6.04. The van der Waals surface area contributed by atoms with Crippen molar-refractivity contribution in [2.75, 3.05) is 25.0 Å². The molecule has 2 N–H and O–H groups in total. The molecule has 0 bridgehead atoms. The molecular weight excluding hydrogens is 677 g/mol. The van der Waals surface area contributed by atoms with Crippen LogP contribution >= 0.6 is 0 Å². The minimum atomic E-state index is -1.11. The van der Waals surface area contributed by atoms with Gasteiger partial charge < -0.3 is 10.2 Å². The number of pyridine rings is 1. The number of imidazole rings is 1. The number of nitrogens with zero attached hydrogens (tertiary/aromatic N) is 7. The number of piperidine rings is 2. The first-order valence-corrected chi connectivity index (χ1v) is 18.2. The SMILES string of the molecule is Cn1c(=O)n(C2CCC(=O)NC2=O)c2cccc([C@H]3CCN(C[C@H]4CC[C@H](n5cc6cc(NC(=O)c7cccc(C#N)n7)ccc6n5)CC4)C[C@@H]3F)c21. The van der Waals surface area contributed by atoms with Gasteiger partial charge in [0.1, 0.15) is 29.7 Å². The number of aryl methyl sites for hydroxylation is 1. The maximum atomic E-state index is 16.1. The summed E-state index contributed by atoms with van der Waals surface area (Å²) < 4.78 is 21.1. The Balaban J connectivity index is 0.878. The number of alkyl halides is 1. The van der Waals surface area contributed by atoms with Gasteiger partial charge in [0.25, 0.3) is 5.91 Å². The number of aromatic nitrogens is 5. The Morgan fingerprint density at radius 2 is 1.85 bits per heavy atom. The summed E-state index contributed by atoms with van der Waals surface area (Å²) in [6, 6.07) is 17.3. The predicted molar refractivity (Wildman–Crippen MR) is 195 cm³/mol. The van der Waals surface area contributed by atoms with E-state index in [9.17, 15) is 19.2 Å². The van der Waals surface area contributed by atoms with Gasteiger partial charge in [0.2, 0.25) is 11.8 Å². The van der Waals surface area contributed by atoms with E-state index in [2.05, 4.69) is 20.5 Å². The van der Waals surface area contributed by atoms with E-state index in [1.54, 1.807) is 31.3 Å². The van der Waals surface area contributed by atoms with Crippen molar-refractivity contribution in [3.05, 3.63) is 88.2 Å². The quantitative estimate of drug-likeness (QED) is 0.228. The number of para-hydroxylation sites is 1. The fourth-order valence-corrected chi connectivity index (χ4v) is 8.57.